The van der Waals surface area contributed by atoms with Crippen LogP contribution in [0, 0.1) is 30.6 Å². The zero-order valence-electron chi connectivity index (χ0n) is 11.7. The molecule has 0 aliphatic heterocycles. The van der Waals surface area contributed by atoms with Gasteiger partial charge in [0.15, 0.2) is 8.46 Å². The molecule has 3 unspecified atom stereocenters. The van der Waals surface area contributed by atoms with Gasteiger partial charge in [-0.1, -0.05) is 6.92 Å². The molecule has 1 fully saturated rings. The summed E-state index contributed by atoms with van der Waals surface area (Å²) in [6, 6.07) is 0. The molecule has 3 nitrogen and oxygen atoms in total. The molecule has 0 amide bonds. The Kier molecular flexibility index (Phi) is 18.9. The van der Waals surface area contributed by atoms with Gasteiger partial charge in [-0.3, -0.25) is 15.3 Å². The molecule has 1 saturated carbocycles. The monoisotopic (exact) mass is 421 g/mol. The molecule has 1 rings (SSSR count). The van der Waals surface area contributed by atoms with Crippen molar-refractivity contribution in [3.63, 3.8) is 0 Å². The van der Waals surface area contributed by atoms with Crippen LogP contribution >= 0.6 is 8.46 Å². The minimum Gasteiger partial charge on any atom is -0.468 e. The standard InChI is InChI=1S/C11H17O2.CH3OP.2Y/c1-7-5-6-11(13-10(4)12)9(3)8(7)2;1-3-2;;/h5-7,9,11H,1-4H3;1H3;;/q-2;;;. The summed E-state index contributed by atoms with van der Waals surface area (Å²) >= 11 is 0. The predicted molar refractivity (Wildman–Crippen MR) is 64.9 cm³/mol. The number of hydrogen-bond donors (Lipinski definition) is 0. The second-order valence-electron chi connectivity index (χ2n) is 3.96. The summed E-state index contributed by atoms with van der Waals surface area (Å²) in [4.78, 5) is 10.8. The summed E-state index contributed by atoms with van der Waals surface area (Å²) in [6.45, 7) is 9.37. The average Bonchev–Trinajstić information content (AvgIpc) is 2.20. The van der Waals surface area contributed by atoms with Crippen molar-refractivity contribution in [2.24, 2.45) is 11.8 Å². The first kappa shape index (κ1) is 24.8. The number of ether oxygens (including phenoxy) is 1. The summed E-state index contributed by atoms with van der Waals surface area (Å²) in [5, 5.41) is 0. The van der Waals surface area contributed by atoms with Gasteiger partial charge in [0.1, 0.15) is 0 Å². The number of esters is 1. The van der Waals surface area contributed by atoms with Crippen molar-refractivity contribution in [1.29, 1.82) is 0 Å². The first-order valence-corrected chi connectivity index (χ1v) is 6.60. The smallest absolute Gasteiger partial charge is 0.302 e. The SMILES string of the molecule is CC(=O)OC1[CH][CH-]C(C)[C-](C)C1C.CP=O.[Y].[Y]. The van der Waals surface area contributed by atoms with E-state index in [-0.39, 0.29) is 86.0 Å². The molecule has 0 aromatic carbocycles. The molecule has 0 N–H and O–H groups in total. The molecule has 3 atom stereocenters. The summed E-state index contributed by atoms with van der Waals surface area (Å²) in [5.41, 5.74) is 0. The molecule has 0 bridgehead atoms. The Morgan fingerprint density at radius 3 is 2.22 bits per heavy atom. The maximum atomic E-state index is 10.8. The second-order valence-corrected chi connectivity index (χ2v) is 4.33. The first-order valence-electron chi connectivity index (χ1n) is 5.34. The summed E-state index contributed by atoms with van der Waals surface area (Å²) in [7, 11) is 0.167. The van der Waals surface area contributed by atoms with E-state index in [4.69, 9.17) is 9.30 Å². The van der Waals surface area contributed by atoms with Crippen LogP contribution < -0.4 is 0 Å². The molecule has 0 aromatic rings. The molecule has 0 saturated heterocycles. The Labute approximate surface area is 163 Å². The van der Waals surface area contributed by atoms with Gasteiger partial charge >= 0.3 is 5.97 Å². The van der Waals surface area contributed by atoms with Crippen LogP contribution in [-0.4, -0.2) is 18.7 Å². The van der Waals surface area contributed by atoms with Crippen LogP contribution in [0.5, 0.6) is 0 Å². The summed E-state index contributed by atoms with van der Waals surface area (Å²) < 4.78 is 14.1. The fourth-order valence-electron chi connectivity index (χ4n) is 1.60. The molecule has 0 spiro atoms. The third kappa shape index (κ3) is 9.65. The predicted octanol–water partition coefficient (Wildman–Crippen LogP) is 3.11. The molecule has 3 radical (unpaired) electrons. The zero-order valence-corrected chi connectivity index (χ0v) is 18.3. The number of carbonyl (C=O) groups excluding carboxylic acids is 1. The fourth-order valence-corrected chi connectivity index (χ4v) is 1.60. The average molecular weight is 421 g/mol. The summed E-state index contributed by atoms with van der Waals surface area (Å²) in [5.74, 6) is 2.02. The molecular weight excluding hydrogens is 401 g/mol. The van der Waals surface area contributed by atoms with Gasteiger partial charge in [-0.2, -0.15) is 13.3 Å². The molecule has 0 aromatic heterocycles. The van der Waals surface area contributed by atoms with E-state index in [1.54, 1.807) is 6.66 Å². The van der Waals surface area contributed by atoms with E-state index in [2.05, 4.69) is 27.2 Å². The van der Waals surface area contributed by atoms with Gasteiger partial charge < -0.3 is 17.1 Å². The largest absolute Gasteiger partial charge is 0.468 e. The van der Waals surface area contributed by atoms with E-state index in [0.717, 1.165) is 0 Å². The van der Waals surface area contributed by atoms with Crippen molar-refractivity contribution >= 4 is 14.4 Å². The van der Waals surface area contributed by atoms with Gasteiger partial charge in [0, 0.05) is 79.0 Å². The second kappa shape index (κ2) is 13.7. The van der Waals surface area contributed by atoms with Gasteiger partial charge in [0.05, 0.1) is 6.10 Å². The van der Waals surface area contributed by atoms with Crippen molar-refractivity contribution in [2.45, 2.75) is 33.8 Å². The van der Waals surface area contributed by atoms with Crippen LogP contribution in [0.4, 0.5) is 0 Å². The maximum absolute atomic E-state index is 10.8. The van der Waals surface area contributed by atoms with Crippen LogP contribution in [0.3, 0.4) is 0 Å². The molecule has 99 valence electrons. The minimum atomic E-state index is -0.205. The minimum absolute atomic E-state index is 0. The van der Waals surface area contributed by atoms with Crippen molar-refractivity contribution in [3.8, 4) is 0 Å². The van der Waals surface area contributed by atoms with Crippen molar-refractivity contribution < 1.29 is 79.5 Å². The van der Waals surface area contributed by atoms with Crippen LogP contribution in [0.2, 0.25) is 0 Å². The third-order valence-electron chi connectivity index (χ3n) is 2.82. The molecule has 1 aliphatic rings. The molecule has 18 heavy (non-hydrogen) atoms. The molecule has 6 heteroatoms. The number of hydrogen-bond acceptors (Lipinski definition) is 3. The van der Waals surface area contributed by atoms with Crippen molar-refractivity contribution in [2.75, 3.05) is 6.66 Å². The Bertz CT molecular complexity index is 239. The van der Waals surface area contributed by atoms with E-state index >= 15 is 0 Å². The van der Waals surface area contributed by atoms with E-state index in [0.29, 0.717) is 11.8 Å². The Morgan fingerprint density at radius 1 is 1.39 bits per heavy atom. The molecule has 0 heterocycles. The van der Waals surface area contributed by atoms with Crippen LogP contribution in [0.1, 0.15) is 27.7 Å². The number of carbonyl (C=O) groups is 1. The Hall–Kier alpha value is 1.78. The van der Waals surface area contributed by atoms with Crippen LogP contribution in [0.15, 0.2) is 0 Å². The third-order valence-corrected chi connectivity index (χ3v) is 2.82. The van der Waals surface area contributed by atoms with E-state index < -0.39 is 0 Å². The van der Waals surface area contributed by atoms with Gasteiger partial charge in [0.2, 0.25) is 0 Å². The normalized spacial score (nSPS) is 27.1. The van der Waals surface area contributed by atoms with E-state index in [9.17, 15) is 4.79 Å². The van der Waals surface area contributed by atoms with Gasteiger partial charge in [-0.05, 0) is 0 Å². The van der Waals surface area contributed by atoms with E-state index in [1.165, 1.54) is 12.8 Å². The maximum Gasteiger partial charge on any atom is 0.302 e. The van der Waals surface area contributed by atoms with Gasteiger partial charge in [-0.15, -0.1) is 12.8 Å². The topological polar surface area (TPSA) is 43.4 Å². The van der Waals surface area contributed by atoms with Crippen molar-refractivity contribution in [3.05, 3.63) is 18.8 Å². The molecule has 1 aliphatic carbocycles. The van der Waals surface area contributed by atoms with Gasteiger partial charge in [0.25, 0.3) is 0 Å². The fraction of sp³-hybridized carbons (Fsp3) is 0.667. The summed E-state index contributed by atoms with van der Waals surface area (Å²) in [6.07, 6.45) is 4.03. The molecular formula is C12H20O3PY2-2. The van der Waals surface area contributed by atoms with Crippen molar-refractivity contribution in [1.82, 2.24) is 0 Å². The zero-order chi connectivity index (χ0) is 12.7. The number of rotatable bonds is 1. The van der Waals surface area contributed by atoms with Gasteiger partial charge in [-0.25, -0.2) is 0 Å². The van der Waals surface area contributed by atoms with E-state index in [1.807, 2.05) is 6.42 Å². The first-order chi connectivity index (χ1) is 7.43. The van der Waals surface area contributed by atoms with Crippen LogP contribution in [-0.2, 0) is 79.5 Å². The quantitative estimate of drug-likeness (QED) is 0.372. The van der Waals surface area contributed by atoms with Crippen LogP contribution in [0.25, 0.3) is 0 Å². The Morgan fingerprint density at radius 2 is 1.83 bits per heavy atom. The Balaban J connectivity index is -0.000000410.